The van der Waals surface area contributed by atoms with Crippen molar-refractivity contribution in [3.8, 4) is 0 Å². The van der Waals surface area contributed by atoms with Crippen molar-refractivity contribution in [1.29, 1.82) is 0 Å². The van der Waals surface area contributed by atoms with E-state index in [1.54, 1.807) is 11.3 Å². The van der Waals surface area contributed by atoms with Gasteiger partial charge in [0, 0.05) is 13.1 Å². The van der Waals surface area contributed by atoms with Gasteiger partial charge in [0.05, 0.1) is 16.6 Å². The average molecular weight is 382 g/mol. The van der Waals surface area contributed by atoms with Crippen LogP contribution in [0.4, 0.5) is 5.13 Å². The molecule has 0 atom stereocenters. The van der Waals surface area contributed by atoms with E-state index >= 15 is 0 Å². The summed E-state index contributed by atoms with van der Waals surface area (Å²) in [6.07, 6.45) is 0.392. The van der Waals surface area contributed by atoms with Crippen molar-refractivity contribution in [2.45, 2.75) is 27.2 Å². The minimum Gasteiger partial charge on any atom is -0.308 e. The minimum atomic E-state index is 0.0934. The second kappa shape index (κ2) is 8.19. The molecule has 0 spiro atoms. The smallest absolute Gasteiger partial charge is 0.233 e. The molecular formula is C22H27N3OS. The summed E-state index contributed by atoms with van der Waals surface area (Å²) < 4.78 is 1.12. The lowest BCUT2D eigenvalue weighted by Gasteiger charge is -2.22. The summed E-state index contributed by atoms with van der Waals surface area (Å²) in [5, 5.41) is 0.784. The summed E-state index contributed by atoms with van der Waals surface area (Å²) in [7, 11) is 4.04. The zero-order chi connectivity index (χ0) is 19.6. The van der Waals surface area contributed by atoms with E-state index in [0.717, 1.165) is 27.5 Å². The molecular weight excluding hydrogens is 354 g/mol. The van der Waals surface area contributed by atoms with Crippen LogP contribution in [0.3, 0.4) is 0 Å². The third-order valence-corrected chi connectivity index (χ3v) is 5.80. The molecule has 0 aliphatic rings. The van der Waals surface area contributed by atoms with Crippen LogP contribution in [0.5, 0.6) is 0 Å². The van der Waals surface area contributed by atoms with E-state index in [1.807, 2.05) is 31.1 Å². The lowest BCUT2D eigenvalue weighted by Crippen LogP contribution is -2.37. The molecule has 5 heteroatoms. The number of aryl methyl sites for hydroxylation is 3. The Morgan fingerprint density at radius 1 is 1.00 bits per heavy atom. The van der Waals surface area contributed by atoms with E-state index < -0.39 is 0 Å². The first-order valence-electron chi connectivity index (χ1n) is 9.22. The first kappa shape index (κ1) is 19.5. The van der Waals surface area contributed by atoms with Crippen molar-refractivity contribution in [2.24, 2.45) is 0 Å². The van der Waals surface area contributed by atoms with E-state index in [2.05, 4.69) is 49.9 Å². The van der Waals surface area contributed by atoms with Gasteiger partial charge >= 0.3 is 0 Å². The third kappa shape index (κ3) is 4.73. The lowest BCUT2D eigenvalue weighted by atomic mass is 10.0. The van der Waals surface area contributed by atoms with Crippen molar-refractivity contribution < 1.29 is 4.79 Å². The van der Waals surface area contributed by atoms with E-state index in [4.69, 9.17) is 4.98 Å². The number of hydrogen-bond acceptors (Lipinski definition) is 4. The number of carbonyl (C=O) groups is 1. The van der Waals surface area contributed by atoms with Gasteiger partial charge in [-0.1, -0.05) is 35.6 Å². The topological polar surface area (TPSA) is 36.4 Å². The fourth-order valence-corrected chi connectivity index (χ4v) is 4.05. The Hall–Kier alpha value is -2.24. The number of benzene rings is 2. The normalized spacial score (nSPS) is 11.3. The molecule has 2 aromatic carbocycles. The second-order valence-corrected chi connectivity index (χ2v) is 8.42. The van der Waals surface area contributed by atoms with Crippen molar-refractivity contribution in [3.05, 3.63) is 58.7 Å². The largest absolute Gasteiger partial charge is 0.308 e. The molecule has 1 aromatic heterocycles. The molecule has 0 radical (unpaired) electrons. The molecule has 142 valence electrons. The van der Waals surface area contributed by atoms with Gasteiger partial charge in [-0.05, 0) is 69.3 Å². The number of likely N-dealkylation sites (N-methyl/N-ethyl adjacent to an activating group) is 1. The van der Waals surface area contributed by atoms with Gasteiger partial charge in [0.1, 0.15) is 0 Å². The van der Waals surface area contributed by atoms with Crippen molar-refractivity contribution in [1.82, 2.24) is 9.88 Å². The Kier molecular flexibility index (Phi) is 5.92. The highest BCUT2D eigenvalue weighted by Gasteiger charge is 2.20. The SMILES string of the molecule is Cc1ccc2nc(N(CCN(C)C)C(=O)Cc3ccc(C)c(C)c3)sc2c1. The lowest BCUT2D eigenvalue weighted by molar-refractivity contribution is -0.118. The molecule has 0 fully saturated rings. The number of amides is 1. The highest BCUT2D eigenvalue weighted by Crippen LogP contribution is 2.30. The number of nitrogens with zero attached hydrogens (tertiary/aromatic N) is 3. The van der Waals surface area contributed by atoms with Crippen LogP contribution in [0.25, 0.3) is 10.2 Å². The molecule has 27 heavy (non-hydrogen) atoms. The van der Waals surface area contributed by atoms with Crippen molar-refractivity contribution >= 4 is 32.6 Å². The first-order chi connectivity index (χ1) is 12.8. The highest BCUT2D eigenvalue weighted by molar-refractivity contribution is 7.22. The Bertz CT molecular complexity index is 961. The Morgan fingerprint density at radius 2 is 1.78 bits per heavy atom. The quantitative estimate of drug-likeness (QED) is 0.637. The van der Waals surface area contributed by atoms with Crippen LogP contribution < -0.4 is 4.90 Å². The molecule has 0 N–H and O–H groups in total. The average Bonchev–Trinajstić information content (AvgIpc) is 3.00. The third-order valence-electron chi connectivity index (χ3n) is 4.76. The first-order valence-corrected chi connectivity index (χ1v) is 10.0. The highest BCUT2D eigenvalue weighted by atomic mass is 32.1. The zero-order valence-corrected chi connectivity index (χ0v) is 17.6. The number of hydrogen-bond donors (Lipinski definition) is 0. The van der Waals surface area contributed by atoms with Gasteiger partial charge in [-0.15, -0.1) is 0 Å². The summed E-state index contributed by atoms with van der Waals surface area (Å²) >= 11 is 1.59. The number of fused-ring (bicyclic) bond motifs is 1. The molecule has 0 bridgehead atoms. The van der Waals surface area contributed by atoms with Gasteiger partial charge < -0.3 is 4.90 Å². The Labute approximate surface area is 165 Å². The molecule has 0 saturated carbocycles. The zero-order valence-electron chi connectivity index (χ0n) is 16.7. The van der Waals surface area contributed by atoms with Gasteiger partial charge in [-0.3, -0.25) is 9.69 Å². The van der Waals surface area contributed by atoms with Gasteiger partial charge in [0.15, 0.2) is 5.13 Å². The van der Waals surface area contributed by atoms with Crippen LogP contribution >= 0.6 is 11.3 Å². The van der Waals surface area contributed by atoms with Gasteiger partial charge in [-0.2, -0.15) is 0 Å². The summed E-state index contributed by atoms with van der Waals surface area (Å²) in [5.74, 6) is 0.0934. The van der Waals surface area contributed by atoms with Gasteiger partial charge in [0.25, 0.3) is 0 Å². The number of aromatic nitrogens is 1. The van der Waals surface area contributed by atoms with Crippen LogP contribution in [0.1, 0.15) is 22.3 Å². The van der Waals surface area contributed by atoms with Crippen LogP contribution in [-0.4, -0.2) is 43.0 Å². The predicted octanol–water partition coefficient (Wildman–Crippen LogP) is 4.36. The molecule has 4 nitrogen and oxygen atoms in total. The molecule has 0 aliphatic carbocycles. The van der Waals surface area contributed by atoms with Crippen molar-refractivity contribution in [2.75, 3.05) is 32.1 Å². The summed E-state index contributed by atoms with van der Waals surface area (Å²) in [5.41, 5.74) is 5.68. The predicted molar refractivity (Wildman–Crippen MR) is 115 cm³/mol. The van der Waals surface area contributed by atoms with Gasteiger partial charge in [0.2, 0.25) is 5.91 Å². The molecule has 1 heterocycles. The Balaban J connectivity index is 1.88. The summed E-state index contributed by atoms with van der Waals surface area (Å²) in [6.45, 7) is 7.69. The van der Waals surface area contributed by atoms with E-state index in [-0.39, 0.29) is 5.91 Å². The van der Waals surface area contributed by atoms with Crippen LogP contribution in [-0.2, 0) is 11.2 Å². The summed E-state index contributed by atoms with van der Waals surface area (Å²) in [6, 6.07) is 12.5. The molecule has 3 aromatic rings. The number of carbonyl (C=O) groups excluding carboxylic acids is 1. The fraction of sp³-hybridized carbons (Fsp3) is 0.364. The molecule has 1 amide bonds. The monoisotopic (exact) mass is 381 g/mol. The van der Waals surface area contributed by atoms with Crippen LogP contribution in [0, 0.1) is 20.8 Å². The number of rotatable bonds is 6. The number of anilines is 1. The molecule has 3 rings (SSSR count). The second-order valence-electron chi connectivity index (χ2n) is 7.41. The maximum absolute atomic E-state index is 13.1. The van der Waals surface area contributed by atoms with E-state index in [1.165, 1.54) is 16.7 Å². The van der Waals surface area contributed by atoms with E-state index in [9.17, 15) is 4.79 Å². The standard InChI is InChI=1S/C22H27N3OS/c1-15-6-9-19-20(12-15)27-22(23-19)25(11-10-24(4)5)21(26)14-18-8-7-16(2)17(3)13-18/h6-9,12-13H,10-11,14H2,1-5H3. The maximum atomic E-state index is 13.1. The molecule has 0 unspecified atom stereocenters. The minimum absolute atomic E-state index is 0.0934. The Morgan fingerprint density at radius 3 is 2.48 bits per heavy atom. The molecule has 0 saturated heterocycles. The van der Waals surface area contributed by atoms with Crippen LogP contribution in [0.2, 0.25) is 0 Å². The maximum Gasteiger partial charge on any atom is 0.233 e. The summed E-state index contributed by atoms with van der Waals surface area (Å²) in [4.78, 5) is 21.8. The molecule has 0 aliphatic heterocycles. The van der Waals surface area contributed by atoms with Gasteiger partial charge in [-0.25, -0.2) is 4.98 Å². The fourth-order valence-electron chi connectivity index (χ4n) is 2.95. The van der Waals surface area contributed by atoms with E-state index in [0.29, 0.717) is 13.0 Å². The number of thiazole rings is 1. The van der Waals surface area contributed by atoms with Crippen LogP contribution in [0.15, 0.2) is 36.4 Å². The van der Waals surface area contributed by atoms with Crippen molar-refractivity contribution in [3.63, 3.8) is 0 Å².